The first-order valence-corrected chi connectivity index (χ1v) is 9.53. The summed E-state index contributed by atoms with van der Waals surface area (Å²) in [5.74, 6) is 1.22. The molecule has 136 valence electrons. The maximum atomic E-state index is 12.7. The van der Waals surface area contributed by atoms with Gasteiger partial charge in [0.25, 0.3) is 10.0 Å². The number of halogens is 1. The number of methoxy groups -OCH3 is 1. The molecular formula is C17H20ClNO5S. The van der Waals surface area contributed by atoms with Gasteiger partial charge in [-0.2, -0.15) is 0 Å². The molecule has 2 aromatic rings. The van der Waals surface area contributed by atoms with E-state index < -0.39 is 10.0 Å². The molecule has 1 N–H and O–H groups in total. The van der Waals surface area contributed by atoms with Crippen molar-refractivity contribution < 1.29 is 22.6 Å². The molecule has 2 rings (SSSR count). The summed E-state index contributed by atoms with van der Waals surface area (Å²) in [7, 11) is -2.41. The normalized spacial score (nSPS) is 11.0. The highest BCUT2D eigenvalue weighted by Crippen LogP contribution is 2.33. The van der Waals surface area contributed by atoms with Crippen molar-refractivity contribution in [3.05, 3.63) is 41.4 Å². The predicted octanol–water partition coefficient (Wildman–Crippen LogP) is 3.95. The van der Waals surface area contributed by atoms with Gasteiger partial charge >= 0.3 is 0 Å². The molecule has 0 unspecified atom stereocenters. The number of hydrogen-bond acceptors (Lipinski definition) is 5. The van der Waals surface area contributed by atoms with Gasteiger partial charge in [-0.1, -0.05) is 11.6 Å². The first-order chi connectivity index (χ1) is 11.9. The summed E-state index contributed by atoms with van der Waals surface area (Å²) in [5.41, 5.74) is 0.252. The van der Waals surface area contributed by atoms with Crippen molar-refractivity contribution in [1.29, 1.82) is 0 Å². The van der Waals surface area contributed by atoms with Crippen LogP contribution in [0.5, 0.6) is 17.2 Å². The lowest BCUT2D eigenvalue weighted by atomic mass is 10.3. The topological polar surface area (TPSA) is 73.9 Å². The van der Waals surface area contributed by atoms with Crippen molar-refractivity contribution in [2.24, 2.45) is 0 Å². The highest BCUT2D eigenvalue weighted by molar-refractivity contribution is 7.92. The number of hydrogen-bond donors (Lipinski definition) is 1. The molecule has 0 aliphatic rings. The van der Waals surface area contributed by atoms with Crippen LogP contribution in [-0.2, 0) is 10.0 Å². The SMILES string of the molecule is CCOc1ccc(S(=O)(=O)Nc2cc(Cl)ccc2OC)cc1OCC. The van der Waals surface area contributed by atoms with Crippen LogP contribution in [0.3, 0.4) is 0 Å². The van der Waals surface area contributed by atoms with Gasteiger partial charge in [0.1, 0.15) is 5.75 Å². The molecule has 0 heterocycles. The predicted molar refractivity (Wildman–Crippen MR) is 97.6 cm³/mol. The highest BCUT2D eigenvalue weighted by atomic mass is 35.5. The molecule has 0 radical (unpaired) electrons. The number of nitrogens with one attached hydrogen (secondary N) is 1. The summed E-state index contributed by atoms with van der Waals surface area (Å²) in [6.45, 7) is 4.49. The Morgan fingerprint density at radius 3 is 2.24 bits per heavy atom. The van der Waals surface area contributed by atoms with E-state index >= 15 is 0 Å². The summed E-state index contributed by atoms with van der Waals surface area (Å²) >= 11 is 5.94. The average Bonchev–Trinajstić information content (AvgIpc) is 2.56. The highest BCUT2D eigenvalue weighted by Gasteiger charge is 2.19. The first kappa shape index (κ1) is 19.2. The van der Waals surface area contributed by atoms with E-state index in [1.807, 2.05) is 13.8 Å². The van der Waals surface area contributed by atoms with Crippen LogP contribution in [0.25, 0.3) is 0 Å². The minimum absolute atomic E-state index is 0.0430. The second-order valence-electron chi connectivity index (χ2n) is 4.92. The van der Waals surface area contributed by atoms with E-state index in [9.17, 15) is 8.42 Å². The van der Waals surface area contributed by atoms with Crippen molar-refractivity contribution >= 4 is 27.3 Å². The third-order valence-corrected chi connectivity index (χ3v) is 4.83. The van der Waals surface area contributed by atoms with Gasteiger partial charge in [0.15, 0.2) is 11.5 Å². The van der Waals surface area contributed by atoms with Crippen LogP contribution in [0.2, 0.25) is 5.02 Å². The minimum Gasteiger partial charge on any atom is -0.495 e. The quantitative estimate of drug-likeness (QED) is 0.744. The van der Waals surface area contributed by atoms with Crippen LogP contribution in [-0.4, -0.2) is 28.7 Å². The van der Waals surface area contributed by atoms with Crippen LogP contribution in [0.1, 0.15) is 13.8 Å². The Balaban J connectivity index is 2.39. The van der Waals surface area contributed by atoms with Crippen molar-refractivity contribution in [3.8, 4) is 17.2 Å². The summed E-state index contributed by atoms with van der Waals surface area (Å²) in [4.78, 5) is 0.0430. The first-order valence-electron chi connectivity index (χ1n) is 7.67. The molecule has 0 aliphatic heterocycles. The van der Waals surface area contributed by atoms with Crippen molar-refractivity contribution in [2.45, 2.75) is 18.7 Å². The average molecular weight is 386 g/mol. The standard InChI is InChI=1S/C17H20ClNO5S/c1-4-23-16-9-7-13(11-17(16)24-5-2)25(20,21)19-14-10-12(18)6-8-15(14)22-3/h6-11,19H,4-5H2,1-3H3. The molecule has 8 heteroatoms. The maximum absolute atomic E-state index is 12.7. The van der Waals surface area contributed by atoms with Crippen molar-refractivity contribution in [1.82, 2.24) is 0 Å². The molecule has 6 nitrogen and oxygen atoms in total. The zero-order valence-corrected chi connectivity index (χ0v) is 15.8. The van der Waals surface area contributed by atoms with E-state index in [-0.39, 0.29) is 10.6 Å². The lowest BCUT2D eigenvalue weighted by Crippen LogP contribution is -2.14. The van der Waals surface area contributed by atoms with E-state index in [0.29, 0.717) is 35.5 Å². The van der Waals surface area contributed by atoms with Crippen molar-refractivity contribution in [3.63, 3.8) is 0 Å². The molecule has 0 saturated carbocycles. The van der Waals surface area contributed by atoms with Crippen LogP contribution < -0.4 is 18.9 Å². The van der Waals surface area contributed by atoms with Crippen LogP contribution in [0.15, 0.2) is 41.3 Å². The smallest absolute Gasteiger partial charge is 0.262 e. The molecule has 0 amide bonds. The van der Waals surface area contributed by atoms with E-state index in [0.717, 1.165) is 0 Å². The minimum atomic E-state index is -3.86. The van der Waals surface area contributed by atoms with Gasteiger partial charge in [0.2, 0.25) is 0 Å². The van der Waals surface area contributed by atoms with Gasteiger partial charge in [-0.3, -0.25) is 4.72 Å². The Morgan fingerprint density at radius 2 is 1.60 bits per heavy atom. The lowest BCUT2D eigenvalue weighted by Gasteiger charge is -2.15. The summed E-state index contributed by atoms with van der Waals surface area (Å²) in [6, 6.07) is 9.13. The van der Waals surface area contributed by atoms with E-state index in [1.54, 1.807) is 18.2 Å². The van der Waals surface area contributed by atoms with E-state index in [2.05, 4.69) is 4.72 Å². The van der Waals surface area contributed by atoms with E-state index in [1.165, 1.54) is 25.3 Å². The zero-order chi connectivity index (χ0) is 18.4. The summed E-state index contributed by atoms with van der Waals surface area (Å²) in [6.07, 6.45) is 0. The van der Waals surface area contributed by atoms with Gasteiger partial charge in [-0.25, -0.2) is 8.42 Å². The van der Waals surface area contributed by atoms with Gasteiger partial charge in [0, 0.05) is 11.1 Å². The molecule has 0 spiro atoms. The molecule has 0 aliphatic carbocycles. The van der Waals surface area contributed by atoms with Crippen LogP contribution >= 0.6 is 11.6 Å². The number of sulfonamides is 1. The monoisotopic (exact) mass is 385 g/mol. The lowest BCUT2D eigenvalue weighted by molar-refractivity contribution is 0.287. The fourth-order valence-corrected chi connectivity index (χ4v) is 3.41. The summed E-state index contributed by atoms with van der Waals surface area (Å²) < 4.78 is 44.0. The molecule has 0 saturated heterocycles. The van der Waals surface area contributed by atoms with Gasteiger partial charge in [-0.05, 0) is 44.2 Å². The Labute approximate surface area is 152 Å². The number of benzene rings is 2. The Bertz CT molecular complexity index is 839. The third kappa shape index (κ3) is 4.70. The number of ether oxygens (including phenoxy) is 3. The van der Waals surface area contributed by atoms with Crippen LogP contribution in [0.4, 0.5) is 5.69 Å². The van der Waals surface area contributed by atoms with Gasteiger partial charge in [0.05, 0.1) is 30.9 Å². The Morgan fingerprint density at radius 1 is 0.960 bits per heavy atom. The number of rotatable bonds is 8. The largest absolute Gasteiger partial charge is 0.495 e. The molecular weight excluding hydrogens is 366 g/mol. The van der Waals surface area contributed by atoms with Gasteiger partial charge < -0.3 is 14.2 Å². The van der Waals surface area contributed by atoms with Crippen molar-refractivity contribution in [2.75, 3.05) is 25.0 Å². The third-order valence-electron chi connectivity index (χ3n) is 3.23. The fraction of sp³-hybridized carbons (Fsp3) is 0.294. The molecule has 25 heavy (non-hydrogen) atoms. The molecule has 2 aromatic carbocycles. The number of anilines is 1. The second kappa shape index (κ2) is 8.31. The van der Waals surface area contributed by atoms with Gasteiger partial charge in [-0.15, -0.1) is 0 Å². The summed E-state index contributed by atoms with van der Waals surface area (Å²) in [5, 5.41) is 0.389. The molecule has 0 fully saturated rings. The van der Waals surface area contributed by atoms with Crippen LogP contribution in [0, 0.1) is 0 Å². The Kier molecular flexibility index (Phi) is 6.39. The van der Waals surface area contributed by atoms with E-state index in [4.69, 9.17) is 25.8 Å². The second-order valence-corrected chi connectivity index (χ2v) is 7.04. The molecule has 0 aromatic heterocycles. The Hall–Kier alpha value is -2.12. The maximum Gasteiger partial charge on any atom is 0.262 e. The fourth-order valence-electron chi connectivity index (χ4n) is 2.16. The zero-order valence-electron chi connectivity index (χ0n) is 14.2. The molecule has 0 bridgehead atoms. The molecule has 0 atom stereocenters.